The van der Waals surface area contributed by atoms with Gasteiger partial charge in [-0.15, -0.1) is 0 Å². The summed E-state index contributed by atoms with van der Waals surface area (Å²) in [6.07, 6.45) is -2.20. The van der Waals surface area contributed by atoms with E-state index < -0.39 is 21.8 Å². The quantitative estimate of drug-likeness (QED) is 0.475. The summed E-state index contributed by atoms with van der Waals surface area (Å²) in [5, 5.41) is 0. The third-order valence-corrected chi connectivity index (χ3v) is 7.28. The Morgan fingerprint density at radius 1 is 0.971 bits per heavy atom. The number of halogens is 3. The van der Waals surface area contributed by atoms with E-state index >= 15 is 0 Å². The van der Waals surface area contributed by atoms with Gasteiger partial charge in [0.05, 0.1) is 16.6 Å². The molecule has 1 saturated heterocycles. The SMILES string of the molecule is COC1CCCN(c2ccc(NS(=O)(=O)c3ccc(-c4cccc(C(F)(F)F)c4)cc3)cc2)C1. The number of nitrogens with one attached hydrogen (secondary N) is 1. The van der Waals surface area contributed by atoms with E-state index in [1.165, 1.54) is 30.3 Å². The summed E-state index contributed by atoms with van der Waals surface area (Å²) < 4.78 is 72.6. The molecule has 5 nitrogen and oxygen atoms in total. The first kappa shape index (κ1) is 24.1. The lowest BCUT2D eigenvalue weighted by molar-refractivity contribution is -0.137. The first-order chi connectivity index (χ1) is 16.2. The molecular formula is C25H25F3N2O3S. The van der Waals surface area contributed by atoms with Gasteiger partial charge in [-0.05, 0) is 72.5 Å². The second-order valence-corrected chi connectivity index (χ2v) is 9.88. The average molecular weight is 491 g/mol. The van der Waals surface area contributed by atoms with Crippen LogP contribution >= 0.6 is 0 Å². The van der Waals surface area contributed by atoms with Gasteiger partial charge in [-0.25, -0.2) is 8.42 Å². The minimum absolute atomic E-state index is 0.0197. The number of nitrogens with zero attached hydrogens (tertiary/aromatic N) is 1. The fourth-order valence-electron chi connectivity index (χ4n) is 4.02. The Bertz CT molecular complexity index is 1230. The summed E-state index contributed by atoms with van der Waals surface area (Å²) in [6.45, 7) is 1.71. The molecule has 1 atom stereocenters. The summed E-state index contributed by atoms with van der Waals surface area (Å²) in [4.78, 5) is 2.23. The van der Waals surface area contributed by atoms with Crippen molar-refractivity contribution in [1.82, 2.24) is 0 Å². The number of piperidine rings is 1. The van der Waals surface area contributed by atoms with Crippen LogP contribution in [0.2, 0.25) is 0 Å². The van der Waals surface area contributed by atoms with E-state index in [0.29, 0.717) is 16.8 Å². The lowest BCUT2D eigenvalue weighted by atomic mass is 10.0. The molecule has 34 heavy (non-hydrogen) atoms. The highest BCUT2D eigenvalue weighted by atomic mass is 32.2. The van der Waals surface area contributed by atoms with Crippen molar-refractivity contribution in [3.63, 3.8) is 0 Å². The first-order valence-electron chi connectivity index (χ1n) is 10.8. The molecule has 180 valence electrons. The maximum Gasteiger partial charge on any atom is 0.416 e. The van der Waals surface area contributed by atoms with Crippen molar-refractivity contribution < 1.29 is 26.3 Å². The number of hydrogen-bond acceptors (Lipinski definition) is 4. The second-order valence-electron chi connectivity index (χ2n) is 8.20. The summed E-state index contributed by atoms with van der Waals surface area (Å²) >= 11 is 0. The molecule has 0 saturated carbocycles. The Labute approximate surface area is 197 Å². The maximum absolute atomic E-state index is 13.0. The fourth-order valence-corrected chi connectivity index (χ4v) is 5.08. The van der Waals surface area contributed by atoms with Crippen molar-refractivity contribution in [2.24, 2.45) is 0 Å². The first-order valence-corrected chi connectivity index (χ1v) is 12.3. The predicted molar refractivity (Wildman–Crippen MR) is 126 cm³/mol. The topological polar surface area (TPSA) is 58.6 Å². The van der Waals surface area contributed by atoms with Crippen LogP contribution in [-0.2, 0) is 20.9 Å². The van der Waals surface area contributed by atoms with E-state index in [-0.39, 0.29) is 11.0 Å². The normalized spacial score (nSPS) is 16.9. The Morgan fingerprint density at radius 2 is 1.68 bits per heavy atom. The average Bonchev–Trinajstić information content (AvgIpc) is 2.84. The number of ether oxygens (including phenoxy) is 1. The van der Waals surface area contributed by atoms with E-state index in [1.54, 1.807) is 25.3 Å². The standard InChI is InChI=1S/C25H25F3N2O3S/c1-33-23-6-3-15-30(17-23)22-11-9-21(10-12-22)29-34(31,32)24-13-7-18(8-14-24)19-4-2-5-20(16-19)25(26,27)28/h2,4-5,7-14,16,23,29H,3,6,15,17H2,1H3. The van der Waals surface area contributed by atoms with Crippen molar-refractivity contribution >= 4 is 21.4 Å². The molecule has 0 amide bonds. The Morgan fingerprint density at radius 3 is 2.32 bits per heavy atom. The second kappa shape index (κ2) is 9.68. The lowest BCUT2D eigenvalue weighted by Gasteiger charge is -2.33. The third-order valence-electron chi connectivity index (χ3n) is 5.88. The van der Waals surface area contributed by atoms with Crippen LogP contribution in [0.15, 0.2) is 77.7 Å². The van der Waals surface area contributed by atoms with Crippen LogP contribution in [0.25, 0.3) is 11.1 Å². The fraction of sp³-hybridized carbons (Fsp3) is 0.280. The minimum atomic E-state index is -4.45. The highest BCUT2D eigenvalue weighted by molar-refractivity contribution is 7.92. The molecule has 0 aromatic heterocycles. The molecular weight excluding hydrogens is 465 g/mol. The van der Waals surface area contributed by atoms with Crippen LogP contribution in [0.3, 0.4) is 0 Å². The maximum atomic E-state index is 13.0. The lowest BCUT2D eigenvalue weighted by Crippen LogP contribution is -2.39. The molecule has 1 fully saturated rings. The van der Waals surface area contributed by atoms with E-state index in [9.17, 15) is 21.6 Å². The van der Waals surface area contributed by atoms with Gasteiger partial charge in [0.1, 0.15) is 0 Å². The summed E-state index contributed by atoms with van der Waals surface area (Å²) in [5.41, 5.74) is 1.51. The van der Waals surface area contributed by atoms with Crippen LogP contribution in [0.5, 0.6) is 0 Å². The van der Waals surface area contributed by atoms with Crippen LogP contribution in [0.4, 0.5) is 24.5 Å². The molecule has 0 aliphatic carbocycles. The van der Waals surface area contributed by atoms with E-state index in [2.05, 4.69) is 9.62 Å². The van der Waals surface area contributed by atoms with Gasteiger partial charge < -0.3 is 9.64 Å². The number of hydrogen-bond donors (Lipinski definition) is 1. The number of rotatable bonds is 6. The third kappa shape index (κ3) is 5.53. The van der Waals surface area contributed by atoms with E-state index in [4.69, 9.17) is 4.74 Å². The van der Waals surface area contributed by atoms with Crippen LogP contribution < -0.4 is 9.62 Å². The predicted octanol–water partition coefficient (Wildman–Crippen LogP) is 5.79. The zero-order chi connectivity index (χ0) is 24.3. The smallest absolute Gasteiger partial charge is 0.380 e. The minimum Gasteiger partial charge on any atom is -0.380 e. The van der Waals surface area contributed by atoms with Crippen molar-refractivity contribution in [2.75, 3.05) is 29.8 Å². The molecule has 0 spiro atoms. The van der Waals surface area contributed by atoms with Crippen LogP contribution in [-0.4, -0.2) is 34.7 Å². The molecule has 9 heteroatoms. The van der Waals surface area contributed by atoms with E-state index in [1.807, 2.05) is 12.1 Å². The summed E-state index contributed by atoms with van der Waals surface area (Å²) in [6, 6.07) is 17.8. The summed E-state index contributed by atoms with van der Waals surface area (Å²) in [5.74, 6) is 0. The van der Waals surface area contributed by atoms with Gasteiger partial charge in [0.2, 0.25) is 0 Å². The summed E-state index contributed by atoms with van der Waals surface area (Å²) in [7, 11) is -2.15. The number of sulfonamides is 1. The van der Waals surface area contributed by atoms with Crippen LogP contribution in [0, 0.1) is 0 Å². The molecule has 3 aromatic carbocycles. The number of alkyl halides is 3. The molecule has 1 aliphatic heterocycles. The van der Waals surface area contributed by atoms with Crippen LogP contribution in [0.1, 0.15) is 18.4 Å². The molecule has 1 aliphatic rings. The molecule has 1 unspecified atom stereocenters. The Kier molecular flexibility index (Phi) is 6.86. The molecule has 1 heterocycles. The number of benzene rings is 3. The highest BCUT2D eigenvalue weighted by Gasteiger charge is 2.30. The van der Waals surface area contributed by atoms with Gasteiger partial charge in [0.15, 0.2) is 0 Å². The van der Waals surface area contributed by atoms with Gasteiger partial charge in [0, 0.05) is 31.6 Å². The van der Waals surface area contributed by atoms with Gasteiger partial charge in [-0.1, -0.05) is 24.3 Å². The molecule has 0 bridgehead atoms. The van der Waals surface area contributed by atoms with Crippen molar-refractivity contribution in [1.29, 1.82) is 0 Å². The van der Waals surface area contributed by atoms with Crippen molar-refractivity contribution in [3.8, 4) is 11.1 Å². The largest absolute Gasteiger partial charge is 0.416 e. The van der Waals surface area contributed by atoms with Gasteiger partial charge in [-0.2, -0.15) is 13.2 Å². The Balaban J connectivity index is 1.46. The molecule has 4 rings (SSSR count). The van der Waals surface area contributed by atoms with E-state index in [0.717, 1.165) is 43.8 Å². The van der Waals surface area contributed by atoms with Gasteiger partial charge in [-0.3, -0.25) is 4.72 Å². The van der Waals surface area contributed by atoms with Gasteiger partial charge in [0.25, 0.3) is 10.0 Å². The molecule has 3 aromatic rings. The van der Waals surface area contributed by atoms with Crippen molar-refractivity contribution in [2.45, 2.75) is 30.0 Å². The highest BCUT2D eigenvalue weighted by Crippen LogP contribution is 2.32. The number of anilines is 2. The molecule has 1 N–H and O–H groups in total. The monoisotopic (exact) mass is 490 g/mol. The zero-order valence-electron chi connectivity index (χ0n) is 18.5. The van der Waals surface area contributed by atoms with Crippen molar-refractivity contribution in [3.05, 3.63) is 78.4 Å². The molecule has 0 radical (unpaired) electrons. The Hall–Kier alpha value is -3.04. The van der Waals surface area contributed by atoms with Gasteiger partial charge >= 0.3 is 6.18 Å². The number of methoxy groups -OCH3 is 1. The zero-order valence-corrected chi connectivity index (χ0v) is 19.4.